The Morgan fingerprint density at radius 2 is 2.33 bits per heavy atom. The van der Waals surface area contributed by atoms with Crippen LogP contribution in [0.1, 0.15) is 20.3 Å². The van der Waals surface area contributed by atoms with Crippen LogP contribution in [-0.4, -0.2) is 38.5 Å². The molecule has 1 rings (SSSR count). The van der Waals surface area contributed by atoms with E-state index in [0.29, 0.717) is 13.1 Å². The van der Waals surface area contributed by atoms with E-state index in [1.54, 1.807) is 30.9 Å². The highest BCUT2D eigenvalue weighted by molar-refractivity contribution is 6.05. The van der Waals surface area contributed by atoms with Crippen LogP contribution in [0.15, 0.2) is 17.5 Å². The number of hydrogen-bond donors (Lipinski definition) is 3. The van der Waals surface area contributed by atoms with Gasteiger partial charge in [0.05, 0.1) is 6.20 Å². The molecule has 0 spiro atoms. The van der Waals surface area contributed by atoms with Gasteiger partial charge in [-0.2, -0.15) is 0 Å². The summed E-state index contributed by atoms with van der Waals surface area (Å²) in [6, 6.07) is 0. The van der Waals surface area contributed by atoms with Gasteiger partial charge in [0.15, 0.2) is 5.84 Å². The Morgan fingerprint density at radius 1 is 1.61 bits per heavy atom. The Morgan fingerprint density at radius 3 is 2.89 bits per heavy atom. The smallest absolute Gasteiger partial charge is 0.233 e. The van der Waals surface area contributed by atoms with Crippen LogP contribution in [0.5, 0.6) is 0 Å². The number of oxime groups is 1. The van der Waals surface area contributed by atoms with Gasteiger partial charge in [0.1, 0.15) is 5.41 Å². The number of aromatic nitrogens is 3. The fraction of sp³-hybridized carbons (Fsp3) is 0.600. The molecule has 1 amide bonds. The normalized spacial score (nSPS) is 12.4. The van der Waals surface area contributed by atoms with Crippen molar-refractivity contribution in [3.8, 4) is 0 Å². The van der Waals surface area contributed by atoms with E-state index in [1.807, 2.05) is 0 Å². The molecule has 8 nitrogen and oxygen atoms in total. The monoisotopic (exact) mass is 254 g/mol. The molecule has 1 aromatic rings. The van der Waals surface area contributed by atoms with E-state index in [9.17, 15) is 4.79 Å². The molecule has 0 unspecified atom stereocenters. The molecule has 100 valence electrons. The van der Waals surface area contributed by atoms with Gasteiger partial charge in [0.2, 0.25) is 5.91 Å². The predicted molar refractivity (Wildman–Crippen MR) is 64.8 cm³/mol. The van der Waals surface area contributed by atoms with Crippen molar-refractivity contribution >= 4 is 11.7 Å². The molecule has 18 heavy (non-hydrogen) atoms. The standard InChI is InChI=1S/C10H18N6O2/c1-10(2,8(11)14-18)9(17)12-4-3-6-16-7-5-13-15-16/h5,7,18H,3-4,6H2,1-2H3,(H2,11,14)(H,12,17). The Hall–Kier alpha value is -2.12. The first-order valence-corrected chi connectivity index (χ1v) is 5.59. The molecule has 1 aromatic heterocycles. The lowest BCUT2D eigenvalue weighted by molar-refractivity contribution is -0.126. The summed E-state index contributed by atoms with van der Waals surface area (Å²) in [4.78, 5) is 11.8. The Kier molecular flexibility index (Phi) is 4.64. The van der Waals surface area contributed by atoms with Gasteiger partial charge in [-0.05, 0) is 20.3 Å². The summed E-state index contributed by atoms with van der Waals surface area (Å²) >= 11 is 0. The zero-order chi connectivity index (χ0) is 13.6. The van der Waals surface area contributed by atoms with Crippen LogP contribution in [0, 0.1) is 5.41 Å². The summed E-state index contributed by atoms with van der Waals surface area (Å²) in [7, 11) is 0. The second-order valence-electron chi connectivity index (χ2n) is 4.39. The molecule has 0 bridgehead atoms. The Balaban J connectivity index is 2.33. The molecule has 0 aliphatic carbocycles. The van der Waals surface area contributed by atoms with E-state index in [4.69, 9.17) is 10.9 Å². The summed E-state index contributed by atoms with van der Waals surface area (Å²) < 4.78 is 1.68. The first-order valence-electron chi connectivity index (χ1n) is 5.59. The van der Waals surface area contributed by atoms with E-state index in [0.717, 1.165) is 6.42 Å². The third-order valence-corrected chi connectivity index (χ3v) is 2.64. The fourth-order valence-corrected chi connectivity index (χ4v) is 1.26. The number of hydrogen-bond acceptors (Lipinski definition) is 5. The summed E-state index contributed by atoms with van der Waals surface area (Å²) in [6.45, 7) is 4.34. The van der Waals surface area contributed by atoms with Gasteiger partial charge >= 0.3 is 0 Å². The topological polar surface area (TPSA) is 118 Å². The highest BCUT2D eigenvalue weighted by Gasteiger charge is 2.32. The van der Waals surface area contributed by atoms with Gasteiger partial charge in [0.25, 0.3) is 0 Å². The molecule has 0 atom stereocenters. The first-order chi connectivity index (χ1) is 8.48. The number of nitrogens with two attached hydrogens (primary N) is 1. The molecule has 0 aliphatic heterocycles. The van der Waals surface area contributed by atoms with Crippen molar-refractivity contribution in [2.24, 2.45) is 16.3 Å². The molecule has 8 heteroatoms. The average Bonchev–Trinajstić information content (AvgIpc) is 2.86. The molecule has 0 saturated carbocycles. The first kappa shape index (κ1) is 13.9. The van der Waals surface area contributed by atoms with Crippen molar-refractivity contribution in [2.75, 3.05) is 6.54 Å². The Labute approximate surface area is 105 Å². The maximum atomic E-state index is 11.8. The average molecular weight is 254 g/mol. The van der Waals surface area contributed by atoms with Crippen LogP contribution in [0.2, 0.25) is 0 Å². The van der Waals surface area contributed by atoms with Gasteiger partial charge in [-0.15, -0.1) is 5.10 Å². The van der Waals surface area contributed by atoms with Crippen molar-refractivity contribution in [1.82, 2.24) is 20.3 Å². The molecule has 4 N–H and O–H groups in total. The van der Waals surface area contributed by atoms with E-state index >= 15 is 0 Å². The molecule has 0 saturated heterocycles. The SMILES string of the molecule is CC(C)(C(=O)NCCCn1ccnn1)/C(N)=N/O. The number of carbonyl (C=O) groups is 1. The third-order valence-electron chi connectivity index (χ3n) is 2.64. The quantitative estimate of drug-likeness (QED) is 0.209. The summed E-state index contributed by atoms with van der Waals surface area (Å²) in [5.74, 6) is -0.396. The van der Waals surface area contributed by atoms with E-state index < -0.39 is 5.41 Å². The number of rotatable bonds is 6. The minimum Gasteiger partial charge on any atom is -0.409 e. The second-order valence-corrected chi connectivity index (χ2v) is 4.39. The second kappa shape index (κ2) is 5.99. The Bertz CT molecular complexity index is 412. The lowest BCUT2D eigenvalue weighted by Crippen LogP contribution is -2.46. The number of amidine groups is 1. The zero-order valence-electron chi connectivity index (χ0n) is 10.5. The molecule has 0 aromatic carbocycles. The number of nitrogens with zero attached hydrogens (tertiary/aromatic N) is 4. The van der Waals surface area contributed by atoms with Gasteiger partial charge in [0, 0.05) is 19.3 Å². The van der Waals surface area contributed by atoms with Crippen LogP contribution < -0.4 is 11.1 Å². The van der Waals surface area contributed by atoms with E-state index in [2.05, 4.69) is 20.8 Å². The molecular weight excluding hydrogens is 236 g/mol. The highest BCUT2D eigenvalue weighted by Crippen LogP contribution is 2.14. The number of carbonyl (C=O) groups excluding carboxylic acids is 1. The molecular formula is C10H18N6O2. The van der Waals surface area contributed by atoms with E-state index in [-0.39, 0.29) is 11.7 Å². The van der Waals surface area contributed by atoms with Crippen LogP contribution in [0.3, 0.4) is 0 Å². The van der Waals surface area contributed by atoms with Crippen molar-refractivity contribution in [3.05, 3.63) is 12.4 Å². The van der Waals surface area contributed by atoms with Crippen molar-refractivity contribution in [2.45, 2.75) is 26.8 Å². The van der Waals surface area contributed by atoms with Gasteiger partial charge in [-0.25, -0.2) is 0 Å². The number of aryl methyl sites for hydroxylation is 1. The minimum atomic E-state index is -1.03. The lowest BCUT2D eigenvalue weighted by atomic mass is 9.91. The number of nitrogens with one attached hydrogen (secondary N) is 1. The zero-order valence-corrected chi connectivity index (χ0v) is 10.5. The number of amides is 1. The van der Waals surface area contributed by atoms with Gasteiger partial charge < -0.3 is 16.3 Å². The summed E-state index contributed by atoms with van der Waals surface area (Å²) in [5, 5.41) is 21.6. The molecule has 0 radical (unpaired) electrons. The van der Waals surface area contributed by atoms with E-state index in [1.165, 1.54) is 0 Å². The largest absolute Gasteiger partial charge is 0.409 e. The summed E-state index contributed by atoms with van der Waals surface area (Å²) in [6.07, 6.45) is 4.07. The fourth-order valence-electron chi connectivity index (χ4n) is 1.26. The van der Waals surface area contributed by atoms with Gasteiger partial charge in [-0.1, -0.05) is 10.4 Å². The predicted octanol–water partition coefficient (Wildman–Crippen LogP) is -0.443. The summed E-state index contributed by atoms with van der Waals surface area (Å²) in [5.41, 5.74) is 4.42. The minimum absolute atomic E-state index is 0.115. The third kappa shape index (κ3) is 3.44. The molecule has 0 fully saturated rings. The van der Waals surface area contributed by atoms with Crippen LogP contribution in [-0.2, 0) is 11.3 Å². The highest BCUT2D eigenvalue weighted by atomic mass is 16.4. The van der Waals surface area contributed by atoms with Crippen LogP contribution >= 0.6 is 0 Å². The van der Waals surface area contributed by atoms with Crippen LogP contribution in [0.4, 0.5) is 0 Å². The van der Waals surface area contributed by atoms with Gasteiger partial charge in [-0.3, -0.25) is 9.48 Å². The molecule has 1 heterocycles. The lowest BCUT2D eigenvalue weighted by Gasteiger charge is -2.21. The van der Waals surface area contributed by atoms with Crippen molar-refractivity contribution < 1.29 is 10.0 Å². The molecule has 0 aliphatic rings. The maximum Gasteiger partial charge on any atom is 0.233 e. The van der Waals surface area contributed by atoms with Crippen LogP contribution in [0.25, 0.3) is 0 Å². The maximum absolute atomic E-state index is 11.8. The van der Waals surface area contributed by atoms with Crippen molar-refractivity contribution in [3.63, 3.8) is 0 Å². The van der Waals surface area contributed by atoms with Crippen molar-refractivity contribution in [1.29, 1.82) is 0 Å².